The van der Waals surface area contributed by atoms with Crippen LogP contribution in [0.2, 0.25) is 0 Å². The maximum absolute atomic E-state index is 12.1. The van der Waals surface area contributed by atoms with Crippen molar-refractivity contribution in [2.45, 2.75) is 46.5 Å². The second kappa shape index (κ2) is 9.20. The summed E-state index contributed by atoms with van der Waals surface area (Å²) in [6.45, 7) is 8.01. The zero-order valence-electron chi connectivity index (χ0n) is 10.3. The summed E-state index contributed by atoms with van der Waals surface area (Å²) >= 11 is 3.39. The molecule has 15 heavy (non-hydrogen) atoms. The van der Waals surface area contributed by atoms with Crippen LogP contribution in [0.3, 0.4) is 0 Å². The van der Waals surface area contributed by atoms with Crippen LogP contribution in [0.5, 0.6) is 0 Å². The predicted molar refractivity (Wildman–Crippen MR) is 69.4 cm³/mol. The van der Waals surface area contributed by atoms with Gasteiger partial charge >= 0.3 is 0 Å². The molecule has 0 saturated carbocycles. The summed E-state index contributed by atoms with van der Waals surface area (Å²) in [4.78, 5) is 14.1. The lowest BCUT2D eigenvalue weighted by molar-refractivity contribution is -0.135. The highest BCUT2D eigenvalue weighted by atomic mass is 79.9. The van der Waals surface area contributed by atoms with Gasteiger partial charge < -0.3 is 4.90 Å². The van der Waals surface area contributed by atoms with Crippen LogP contribution >= 0.6 is 15.9 Å². The smallest absolute Gasteiger partial charge is 0.225 e. The van der Waals surface area contributed by atoms with Crippen LogP contribution < -0.4 is 0 Å². The van der Waals surface area contributed by atoms with Crippen LogP contribution in [0.25, 0.3) is 0 Å². The molecule has 0 aromatic heterocycles. The Kier molecular flexibility index (Phi) is 9.17. The van der Waals surface area contributed by atoms with E-state index in [-0.39, 0.29) is 5.92 Å². The first-order valence-corrected chi connectivity index (χ1v) is 7.18. The van der Waals surface area contributed by atoms with E-state index in [0.717, 1.165) is 44.1 Å². The normalized spacial score (nSPS) is 10.7. The Labute approximate surface area is 103 Å². The lowest BCUT2D eigenvalue weighted by Gasteiger charge is -2.25. The number of amides is 1. The second-order valence-corrected chi connectivity index (χ2v) is 4.67. The molecule has 0 saturated heterocycles. The third-order valence-corrected chi connectivity index (χ3v) is 3.03. The highest BCUT2D eigenvalue weighted by molar-refractivity contribution is 9.09. The zero-order valence-corrected chi connectivity index (χ0v) is 11.8. The fourth-order valence-electron chi connectivity index (χ4n) is 1.87. The number of carbonyl (C=O) groups excluding carboxylic acids is 1. The van der Waals surface area contributed by atoms with E-state index in [9.17, 15) is 4.79 Å². The van der Waals surface area contributed by atoms with Crippen LogP contribution in [-0.4, -0.2) is 29.2 Å². The summed E-state index contributed by atoms with van der Waals surface area (Å²) < 4.78 is 0. The summed E-state index contributed by atoms with van der Waals surface area (Å²) in [5.41, 5.74) is 0. The van der Waals surface area contributed by atoms with Crippen molar-refractivity contribution in [2.24, 2.45) is 5.92 Å². The van der Waals surface area contributed by atoms with Gasteiger partial charge in [-0.05, 0) is 19.8 Å². The SMILES string of the molecule is CCCC(CCC)C(=O)N(CC)CCBr. The largest absolute Gasteiger partial charge is 0.342 e. The number of hydrogen-bond donors (Lipinski definition) is 0. The standard InChI is InChI=1S/C12H24BrNO/c1-4-7-11(8-5-2)12(15)14(6-3)10-9-13/h11H,4-10H2,1-3H3. The summed E-state index contributed by atoms with van der Waals surface area (Å²) in [5.74, 6) is 0.597. The van der Waals surface area contributed by atoms with Crippen LogP contribution in [0, 0.1) is 5.92 Å². The molecule has 0 aromatic rings. The molecule has 0 rings (SSSR count). The molecule has 0 spiro atoms. The molecule has 0 aliphatic rings. The molecule has 0 unspecified atom stereocenters. The number of carbonyl (C=O) groups is 1. The van der Waals surface area contributed by atoms with Gasteiger partial charge in [-0.15, -0.1) is 0 Å². The lowest BCUT2D eigenvalue weighted by Crippen LogP contribution is -2.37. The number of hydrogen-bond acceptors (Lipinski definition) is 1. The highest BCUT2D eigenvalue weighted by Gasteiger charge is 2.21. The summed E-state index contributed by atoms with van der Waals surface area (Å²) in [7, 11) is 0. The third-order valence-electron chi connectivity index (χ3n) is 2.67. The van der Waals surface area contributed by atoms with Crippen LogP contribution in [0.15, 0.2) is 0 Å². The van der Waals surface area contributed by atoms with Crippen LogP contribution in [-0.2, 0) is 4.79 Å². The quantitative estimate of drug-likeness (QED) is 0.623. The molecule has 0 aliphatic heterocycles. The Morgan fingerprint density at radius 2 is 1.73 bits per heavy atom. The van der Waals surface area contributed by atoms with Gasteiger partial charge in [0.1, 0.15) is 0 Å². The van der Waals surface area contributed by atoms with Gasteiger partial charge in [0, 0.05) is 24.3 Å². The minimum Gasteiger partial charge on any atom is -0.342 e. The van der Waals surface area contributed by atoms with E-state index >= 15 is 0 Å². The van der Waals surface area contributed by atoms with Crippen molar-refractivity contribution >= 4 is 21.8 Å². The van der Waals surface area contributed by atoms with Gasteiger partial charge in [0.15, 0.2) is 0 Å². The Morgan fingerprint density at radius 3 is 2.07 bits per heavy atom. The third kappa shape index (κ3) is 5.55. The molecule has 3 heteroatoms. The minimum atomic E-state index is 0.249. The number of alkyl halides is 1. The van der Waals surface area contributed by atoms with Crippen molar-refractivity contribution in [3.63, 3.8) is 0 Å². The molecule has 0 N–H and O–H groups in total. The van der Waals surface area contributed by atoms with Crippen molar-refractivity contribution in [1.82, 2.24) is 4.90 Å². The first kappa shape index (κ1) is 14.9. The van der Waals surface area contributed by atoms with Gasteiger partial charge in [0.25, 0.3) is 0 Å². The van der Waals surface area contributed by atoms with E-state index < -0.39 is 0 Å². The van der Waals surface area contributed by atoms with Crippen molar-refractivity contribution in [3.8, 4) is 0 Å². The average Bonchev–Trinajstić information content (AvgIpc) is 2.24. The molecule has 0 atom stereocenters. The van der Waals surface area contributed by atoms with E-state index in [1.165, 1.54) is 0 Å². The van der Waals surface area contributed by atoms with Crippen molar-refractivity contribution < 1.29 is 4.79 Å². The van der Waals surface area contributed by atoms with E-state index in [4.69, 9.17) is 0 Å². The summed E-state index contributed by atoms with van der Waals surface area (Å²) in [6.07, 6.45) is 4.27. The molecule has 0 aromatic carbocycles. The molecule has 0 radical (unpaired) electrons. The van der Waals surface area contributed by atoms with E-state index in [2.05, 4.69) is 36.7 Å². The van der Waals surface area contributed by atoms with Crippen LogP contribution in [0.4, 0.5) is 0 Å². The minimum absolute atomic E-state index is 0.249. The van der Waals surface area contributed by atoms with Crippen LogP contribution in [0.1, 0.15) is 46.5 Å². The Hall–Kier alpha value is -0.0500. The lowest BCUT2D eigenvalue weighted by atomic mass is 9.96. The number of halogens is 1. The first-order valence-electron chi connectivity index (χ1n) is 6.05. The molecule has 0 aliphatic carbocycles. The van der Waals surface area contributed by atoms with E-state index in [1.807, 2.05) is 4.90 Å². The molecule has 0 heterocycles. The maximum atomic E-state index is 12.1. The molecule has 0 fully saturated rings. The van der Waals surface area contributed by atoms with Crippen molar-refractivity contribution in [1.29, 1.82) is 0 Å². The Morgan fingerprint density at radius 1 is 1.20 bits per heavy atom. The number of rotatable bonds is 8. The van der Waals surface area contributed by atoms with E-state index in [1.54, 1.807) is 0 Å². The first-order chi connectivity index (χ1) is 7.21. The second-order valence-electron chi connectivity index (χ2n) is 3.88. The summed E-state index contributed by atoms with van der Waals surface area (Å²) in [6, 6.07) is 0. The zero-order chi connectivity index (χ0) is 11.7. The topological polar surface area (TPSA) is 20.3 Å². The molecular weight excluding hydrogens is 254 g/mol. The molecular formula is C12H24BrNO. The Bertz CT molecular complexity index is 167. The van der Waals surface area contributed by atoms with Gasteiger partial charge in [0.05, 0.1) is 0 Å². The number of nitrogens with zero attached hydrogens (tertiary/aromatic N) is 1. The van der Waals surface area contributed by atoms with Gasteiger partial charge in [-0.3, -0.25) is 4.79 Å². The van der Waals surface area contributed by atoms with Gasteiger partial charge in [-0.1, -0.05) is 42.6 Å². The van der Waals surface area contributed by atoms with E-state index in [0.29, 0.717) is 5.91 Å². The summed E-state index contributed by atoms with van der Waals surface area (Å²) in [5, 5.41) is 0.873. The van der Waals surface area contributed by atoms with Crippen molar-refractivity contribution in [3.05, 3.63) is 0 Å². The Balaban J connectivity index is 4.29. The maximum Gasteiger partial charge on any atom is 0.225 e. The average molecular weight is 278 g/mol. The fourth-order valence-corrected chi connectivity index (χ4v) is 2.30. The molecule has 1 amide bonds. The molecule has 0 bridgehead atoms. The monoisotopic (exact) mass is 277 g/mol. The van der Waals surface area contributed by atoms with Gasteiger partial charge in [0.2, 0.25) is 5.91 Å². The fraction of sp³-hybridized carbons (Fsp3) is 0.917. The van der Waals surface area contributed by atoms with Gasteiger partial charge in [-0.25, -0.2) is 0 Å². The molecule has 2 nitrogen and oxygen atoms in total. The van der Waals surface area contributed by atoms with Gasteiger partial charge in [-0.2, -0.15) is 0 Å². The predicted octanol–water partition coefficient (Wildman–Crippen LogP) is 3.45. The molecule has 90 valence electrons. The highest BCUT2D eigenvalue weighted by Crippen LogP contribution is 2.16. The van der Waals surface area contributed by atoms with Crippen molar-refractivity contribution in [2.75, 3.05) is 18.4 Å².